The van der Waals surface area contributed by atoms with Crippen molar-refractivity contribution in [2.45, 2.75) is 25.4 Å². The molecular formula is C15H21N3. The zero-order valence-corrected chi connectivity index (χ0v) is 11.3. The molecule has 3 nitrogen and oxygen atoms in total. The molecule has 0 N–H and O–H groups in total. The molecule has 0 bridgehead atoms. The summed E-state index contributed by atoms with van der Waals surface area (Å²) in [5.41, 5.74) is 2.04. The molecule has 1 heterocycles. The largest absolute Gasteiger partial charge is 0.305 e. The number of nitrogens with zero attached hydrogens (tertiary/aromatic N) is 3. The second-order valence-electron chi connectivity index (χ2n) is 5.30. The minimum Gasteiger partial charge on any atom is -0.305 e. The highest BCUT2D eigenvalue weighted by Gasteiger charge is 2.21. The summed E-state index contributed by atoms with van der Waals surface area (Å²) in [7, 11) is 4.33. The Balaban J connectivity index is 1.94. The normalized spacial score (nSPS) is 20.9. The van der Waals surface area contributed by atoms with E-state index in [-0.39, 0.29) is 0 Å². The maximum absolute atomic E-state index is 8.78. The Morgan fingerprint density at radius 1 is 1.33 bits per heavy atom. The Labute approximate surface area is 110 Å². The van der Waals surface area contributed by atoms with Gasteiger partial charge in [0, 0.05) is 19.1 Å². The molecule has 0 aromatic heterocycles. The highest BCUT2D eigenvalue weighted by molar-refractivity contribution is 5.31. The van der Waals surface area contributed by atoms with E-state index in [1.54, 1.807) is 0 Å². The van der Waals surface area contributed by atoms with Gasteiger partial charge in [-0.2, -0.15) is 5.26 Å². The lowest BCUT2D eigenvalue weighted by Gasteiger charge is -2.36. The van der Waals surface area contributed by atoms with Crippen molar-refractivity contribution in [2.24, 2.45) is 0 Å². The van der Waals surface area contributed by atoms with Crippen molar-refractivity contribution in [3.8, 4) is 6.07 Å². The quantitative estimate of drug-likeness (QED) is 0.814. The molecule has 1 atom stereocenters. The Morgan fingerprint density at radius 3 is 2.67 bits per heavy atom. The molecule has 96 valence electrons. The third-order valence-corrected chi connectivity index (χ3v) is 3.70. The van der Waals surface area contributed by atoms with E-state index in [1.807, 2.05) is 12.1 Å². The van der Waals surface area contributed by atoms with E-state index in [4.69, 9.17) is 5.26 Å². The van der Waals surface area contributed by atoms with Gasteiger partial charge in [0.05, 0.1) is 11.6 Å². The topological polar surface area (TPSA) is 30.3 Å². The monoisotopic (exact) mass is 243 g/mol. The van der Waals surface area contributed by atoms with Gasteiger partial charge in [0.25, 0.3) is 0 Å². The van der Waals surface area contributed by atoms with E-state index in [2.05, 4.69) is 42.1 Å². The molecule has 1 unspecified atom stereocenters. The number of piperidine rings is 1. The number of nitriles is 1. The minimum absolute atomic E-state index is 0.678. The molecule has 1 fully saturated rings. The number of hydrogen-bond acceptors (Lipinski definition) is 3. The molecule has 1 aromatic rings. The molecule has 3 heteroatoms. The van der Waals surface area contributed by atoms with Gasteiger partial charge in [-0.3, -0.25) is 4.90 Å². The number of benzene rings is 1. The van der Waals surface area contributed by atoms with Gasteiger partial charge in [-0.1, -0.05) is 12.1 Å². The maximum atomic E-state index is 8.78. The third-order valence-electron chi connectivity index (χ3n) is 3.70. The van der Waals surface area contributed by atoms with Crippen LogP contribution in [0.1, 0.15) is 24.0 Å². The standard InChI is InChI=1S/C15H21N3/c1-17(2)15-4-3-9-18(12-15)11-14-7-5-13(10-16)6-8-14/h5-8,15H,3-4,9,11-12H2,1-2H3. The zero-order valence-electron chi connectivity index (χ0n) is 11.3. The van der Waals surface area contributed by atoms with Crippen LogP contribution < -0.4 is 0 Å². The van der Waals surface area contributed by atoms with Crippen LogP contribution in [0.15, 0.2) is 24.3 Å². The molecule has 1 aliphatic rings. The van der Waals surface area contributed by atoms with Crippen LogP contribution in [-0.4, -0.2) is 43.0 Å². The molecule has 1 aliphatic heterocycles. The SMILES string of the molecule is CN(C)C1CCCN(Cc2ccc(C#N)cc2)C1. The van der Waals surface area contributed by atoms with Crippen molar-refractivity contribution in [2.75, 3.05) is 27.2 Å². The maximum Gasteiger partial charge on any atom is 0.0991 e. The van der Waals surface area contributed by atoms with Crippen molar-refractivity contribution < 1.29 is 0 Å². The van der Waals surface area contributed by atoms with Crippen LogP contribution in [0, 0.1) is 11.3 Å². The molecule has 1 saturated heterocycles. The fourth-order valence-electron chi connectivity index (χ4n) is 2.54. The molecule has 18 heavy (non-hydrogen) atoms. The van der Waals surface area contributed by atoms with Gasteiger partial charge >= 0.3 is 0 Å². The number of likely N-dealkylation sites (tertiary alicyclic amines) is 1. The van der Waals surface area contributed by atoms with Crippen molar-refractivity contribution in [3.05, 3.63) is 35.4 Å². The summed E-state index contributed by atoms with van der Waals surface area (Å²) in [6, 6.07) is 10.8. The average molecular weight is 243 g/mol. The Kier molecular flexibility index (Phi) is 4.35. The molecule has 0 amide bonds. The predicted octanol–water partition coefficient (Wildman–Crippen LogP) is 2.08. The lowest BCUT2D eigenvalue weighted by molar-refractivity contribution is 0.128. The van der Waals surface area contributed by atoms with Crippen LogP contribution >= 0.6 is 0 Å². The first kappa shape index (κ1) is 13.1. The van der Waals surface area contributed by atoms with Gasteiger partial charge in [-0.15, -0.1) is 0 Å². The summed E-state index contributed by atoms with van der Waals surface area (Å²) in [6.07, 6.45) is 2.58. The van der Waals surface area contributed by atoms with Gasteiger partial charge in [-0.05, 0) is 51.2 Å². The minimum atomic E-state index is 0.678. The van der Waals surface area contributed by atoms with Crippen LogP contribution in [0.25, 0.3) is 0 Å². The lowest BCUT2D eigenvalue weighted by atomic mass is 10.0. The van der Waals surface area contributed by atoms with Gasteiger partial charge in [0.2, 0.25) is 0 Å². The van der Waals surface area contributed by atoms with Crippen molar-refractivity contribution in [1.29, 1.82) is 5.26 Å². The molecule has 0 radical (unpaired) electrons. The van der Waals surface area contributed by atoms with Crippen LogP contribution in [0.4, 0.5) is 0 Å². The predicted molar refractivity (Wildman–Crippen MR) is 73.1 cm³/mol. The molecule has 1 aromatic carbocycles. The summed E-state index contributed by atoms with van der Waals surface area (Å²) < 4.78 is 0. The highest BCUT2D eigenvalue weighted by Crippen LogP contribution is 2.16. The average Bonchev–Trinajstić information content (AvgIpc) is 2.40. The summed E-state index contributed by atoms with van der Waals surface area (Å²) in [4.78, 5) is 4.83. The van der Waals surface area contributed by atoms with E-state index in [0.29, 0.717) is 6.04 Å². The third kappa shape index (κ3) is 3.32. The summed E-state index contributed by atoms with van der Waals surface area (Å²) in [6.45, 7) is 3.33. The smallest absolute Gasteiger partial charge is 0.0991 e. The van der Waals surface area contributed by atoms with E-state index in [0.717, 1.165) is 18.7 Å². The summed E-state index contributed by atoms with van der Waals surface area (Å²) in [5, 5.41) is 8.78. The molecule has 0 aliphatic carbocycles. The molecule has 2 rings (SSSR count). The van der Waals surface area contributed by atoms with Crippen LogP contribution in [0.2, 0.25) is 0 Å². The number of hydrogen-bond donors (Lipinski definition) is 0. The van der Waals surface area contributed by atoms with Gasteiger partial charge < -0.3 is 4.90 Å². The summed E-state index contributed by atoms with van der Waals surface area (Å²) in [5.74, 6) is 0. The lowest BCUT2D eigenvalue weighted by Crippen LogP contribution is -2.44. The fourth-order valence-corrected chi connectivity index (χ4v) is 2.54. The van der Waals surface area contributed by atoms with E-state index < -0.39 is 0 Å². The Bertz CT molecular complexity index is 416. The van der Waals surface area contributed by atoms with Crippen LogP contribution in [0.3, 0.4) is 0 Å². The van der Waals surface area contributed by atoms with Crippen molar-refractivity contribution >= 4 is 0 Å². The van der Waals surface area contributed by atoms with Crippen molar-refractivity contribution in [3.63, 3.8) is 0 Å². The van der Waals surface area contributed by atoms with Gasteiger partial charge in [-0.25, -0.2) is 0 Å². The zero-order chi connectivity index (χ0) is 13.0. The first-order valence-electron chi connectivity index (χ1n) is 6.57. The second kappa shape index (κ2) is 5.99. The van der Waals surface area contributed by atoms with E-state index in [9.17, 15) is 0 Å². The van der Waals surface area contributed by atoms with Crippen LogP contribution in [0.5, 0.6) is 0 Å². The molecule has 0 saturated carbocycles. The number of rotatable bonds is 3. The second-order valence-corrected chi connectivity index (χ2v) is 5.30. The van der Waals surface area contributed by atoms with Gasteiger partial charge in [0.15, 0.2) is 0 Å². The first-order valence-corrected chi connectivity index (χ1v) is 6.57. The fraction of sp³-hybridized carbons (Fsp3) is 0.533. The number of likely N-dealkylation sites (N-methyl/N-ethyl adjacent to an activating group) is 1. The highest BCUT2D eigenvalue weighted by atomic mass is 15.2. The Morgan fingerprint density at radius 2 is 2.06 bits per heavy atom. The van der Waals surface area contributed by atoms with Crippen molar-refractivity contribution in [1.82, 2.24) is 9.80 Å². The van der Waals surface area contributed by atoms with E-state index in [1.165, 1.54) is 24.9 Å². The summed E-state index contributed by atoms with van der Waals surface area (Å²) >= 11 is 0. The van der Waals surface area contributed by atoms with Crippen LogP contribution in [-0.2, 0) is 6.54 Å². The molecular weight excluding hydrogens is 222 g/mol. The van der Waals surface area contributed by atoms with E-state index >= 15 is 0 Å². The molecule has 0 spiro atoms. The Hall–Kier alpha value is -1.37. The van der Waals surface area contributed by atoms with Gasteiger partial charge in [0.1, 0.15) is 0 Å². The first-order chi connectivity index (χ1) is 8.69.